The Balaban J connectivity index is 1.79. The molecule has 126 valence electrons. The minimum Gasteiger partial charge on any atom is -0.367 e. The van der Waals surface area contributed by atoms with Crippen LogP contribution in [0, 0.1) is 11.3 Å². The van der Waals surface area contributed by atoms with Crippen molar-refractivity contribution in [2.75, 3.05) is 10.6 Å². The van der Waals surface area contributed by atoms with Gasteiger partial charge in [0.05, 0.1) is 11.6 Å². The zero-order valence-electron chi connectivity index (χ0n) is 14.1. The average Bonchev–Trinajstić information content (AvgIpc) is 2.95. The van der Waals surface area contributed by atoms with Gasteiger partial charge >= 0.3 is 0 Å². The van der Waals surface area contributed by atoms with Gasteiger partial charge in [0, 0.05) is 23.4 Å². The number of carbonyl (C=O) groups excluding carboxylic acids is 1. The Hall–Kier alpha value is -3.58. The fourth-order valence-electron chi connectivity index (χ4n) is 3.43. The molecule has 0 unspecified atom stereocenters. The van der Waals surface area contributed by atoms with E-state index in [1.54, 1.807) is 12.1 Å². The first-order chi connectivity index (χ1) is 12.7. The van der Waals surface area contributed by atoms with Gasteiger partial charge in [0.15, 0.2) is 0 Å². The molecule has 0 spiro atoms. The molecule has 0 saturated heterocycles. The van der Waals surface area contributed by atoms with Gasteiger partial charge in [-0.1, -0.05) is 48.5 Å². The number of nitrogens with zero attached hydrogens (tertiary/aromatic N) is 1. The highest BCUT2D eigenvalue weighted by atomic mass is 16.2. The van der Waals surface area contributed by atoms with Crippen LogP contribution in [0.4, 0.5) is 11.4 Å². The summed E-state index contributed by atoms with van der Waals surface area (Å²) in [5.74, 6) is -0.0769. The SMILES string of the molecule is N#Cc1ccc(C[C@]2(Nc3ccccc3)C(=O)Nc3ccccc32)cc1. The van der Waals surface area contributed by atoms with Crippen molar-refractivity contribution < 1.29 is 4.79 Å². The number of carbonyl (C=O) groups is 1. The molecule has 1 heterocycles. The summed E-state index contributed by atoms with van der Waals surface area (Å²) in [5.41, 5.74) is 3.33. The third-order valence-corrected chi connectivity index (χ3v) is 4.71. The molecule has 0 bridgehead atoms. The van der Waals surface area contributed by atoms with Crippen molar-refractivity contribution in [1.29, 1.82) is 5.26 Å². The summed E-state index contributed by atoms with van der Waals surface area (Å²) in [6.45, 7) is 0. The van der Waals surface area contributed by atoms with Gasteiger partial charge in [-0.05, 0) is 35.9 Å². The molecule has 0 saturated carbocycles. The second-order valence-electron chi connectivity index (χ2n) is 6.38. The maximum Gasteiger partial charge on any atom is 0.255 e. The lowest BCUT2D eigenvalue weighted by Gasteiger charge is -2.30. The number of nitriles is 1. The van der Waals surface area contributed by atoms with E-state index in [0.717, 1.165) is 22.5 Å². The lowest BCUT2D eigenvalue weighted by atomic mass is 9.84. The normalized spacial score (nSPS) is 17.9. The molecular weight excluding hydrogens is 322 g/mol. The standard InChI is InChI=1S/C22H17N3O/c23-15-17-12-10-16(11-13-17)14-22(25-18-6-2-1-3-7-18)19-8-4-5-9-20(19)24-21(22)26/h1-13,25H,14H2,(H,24,26)/t22-/m1/s1. The van der Waals surface area contributed by atoms with Gasteiger partial charge in [0.25, 0.3) is 5.91 Å². The average molecular weight is 339 g/mol. The van der Waals surface area contributed by atoms with E-state index in [-0.39, 0.29) is 5.91 Å². The van der Waals surface area contributed by atoms with Crippen molar-refractivity contribution >= 4 is 17.3 Å². The minimum atomic E-state index is -0.897. The Morgan fingerprint density at radius 1 is 0.923 bits per heavy atom. The molecule has 2 N–H and O–H groups in total. The molecule has 1 aliphatic heterocycles. The Labute approximate surface area is 152 Å². The maximum atomic E-state index is 13.1. The summed E-state index contributed by atoms with van der Waals surface area (Å²) >= 11 is 0. The number of amides is 1. The summed E-state index contributed by atoms with van der Waals surface area (Å²) in [6, 6.07) is 27.0. The number of rotatable bonds is 4. The lowest BCUT2D eigenvalue weighted by molar-refractivity contribution is -0.119. The van der Waals surface area contributed by atoms with Crippen molar-refractivity contribution in [3.63, 3.8) is 0 Å². The second kappa shape index (κ2) is 6.38. The predicted octanol–water partition coefficient (Wildman–Crippen LogP) is 4.06. The fourth-order valence-corrected chi connectivity index (χ4v) is 3.43. The Morgan fingerprint density at radius 3 is 2.35 bits per heavy atom. The number of fused-ring (bicyclic) bond motifs is 1. The van der Waals surface area contributed by atoms with Crippen molar-refractivity contribution in [2.45, 2.75) is 12.0 Å². The van der Waals surface area contributed by atoms with Crippen LogP contribution >= 0.6 is 0 Å². The van der Waals surface area contributed by atoms with Crippen molar-refractivity contribution in [1.82, 2.24) is 0 Å². The molecule has 0 aromatic heterocycles. The third kappa shape index (κ3) is 2.70. The zero-order valence-corrected chi connectivity index (χ0v) is 14.1. The van der Waals surface area contributed by atoms with Crippen LogP contribution in [0.25, 0.3) is 0 Å². The lowest BCUT2D eigenvalue weighted by Crippen LogP contribution is -2.44. The van der Waals surface area contributed by atoms with Gasteiger partial charge in [-0.25, -0.2) is 0 Å². The quantitative estimate of drug-likeness (QED) is 0.753. The zero-order chi connectivity index (χ0) is 18.0. The first-order valence-electron chi connectivity index (χ1n) is 8.44. The summed E-state index contributed by atoms with van der Waals surface area (Å²) < 4.78 is 0. The molecule has 0 fully saturated rings. The maximum absolute atomic E-state index is 13.1. The Kier molecular flexibility index (Phi) is 3.91. The Bertz CT molecular complexity index is 990. The third-order valence-electron chi connectivity index (χ3n) is 4.71. The van der Waals surface area contributed by atoms with E-state index < -0.39 is 5.54 Å². The van der Waals surface area contributed by atoms with E-state index in [4.69, 9.17) is 5.26 Å². The predicted molar refractivity (Wildman–Crippen MR) is 102 cm³/mol. The Morgan fingerprint density at radius 2 is 1.62 bits per heavy atom. The van der Waals surface area contributed by atoms with Gasteiger partial charge in [0.2, 0.25) is 0 Å². The monoisotopic (exact) mass is 339 g/mol. The number of anilines is 2. The molecule has 0 radical (unpaired) electrons. The smallest absolute Gasteiger partial charge is 0.255 e. The highest BCUT2D eigenvalue weighted by molar-refractivity contribution is 6.07. The van der Waals surface area contributed by atoms with Crippen LogP contribution in [0.15, 0.2) is 78.9 Å². The first-order valence-corrected chi connectivity index (χ1v) is 8.44. The molecule has 1 amide bonds. The van der Waals surface area contributed by atoms with Crippen molar-refractivity contribution in [2.24, 2.45) is 0 Å². The van der Waals surface area contributed by atoms with Crippen LogP contribution in [0.5, 0.6) is 0 Å². The van der Waals surface area contributed by atoms with E-state index in [2.05, 4.69) is 16.7 Å². The van der Waals surface area contributed by atoms with E-state index in [0.29, 0.717) is 12.0 Å². The van der Waals surface area contributed by atoms with E-state index in [1.807, 2.05) is 66.7 Å². The van der Waals surface area contributed by atoms with Gasteiger partial charge in [0.1, 0.15) is 5.54 Å². The van der Waals surface area contributed by atoms with Crippen LogP contribution in [0.1, 0.15) is 16.7 Å². The van der Waals surface area contributed by atoms with Crippen LogP contribution in [0.3, 0.4) is 0 Å². The number of para-hydroxylation sites is 2. The molecule has 1 aliphatic rings. The largest absolute Gasteiger partial charge is 0.367 e. The van der Waals surface area contributed by atoms with Crippen LogP contribution in [0.2, 0.25) is 0 Å². The van der Waals surface area contributed by atoms with Gasteiger partial charge in [-0.2, -0.15) is 5.26 Å². The first kappa shape index (κ1) is 15.9. The molecule has 1 atom stereocenters. The van der Waals surface area contributed by atoms with Crippen LogP contribution in [-0.2, 0) is 16.8 Å². The summed E-state index contributed by atoms with van der Waals surface area (Å²) in [6.07, 6.45) is 0.483. The van der Waals surface area contributed by atoms with E-state index in [9.17, 15) is 4.79 Å². The summed E-state index contributed by atoms with van der Waals surface area (Å²) in [7, 11) is 0. The van der Waals surface area contributed by atoms with Crippen LogP contribution < -0.4 is 10.6 Å². The number of nitrogens with one attached hydrogen (secondary N) is 2. The minimum absolute atomic E-state index is 0.0769. The molecule has 3 aromatic rings. The molecule has 4 nitrogen and oxygen atoms in total. The van der Waals surface area contributed by atoms with Crippen LogP contribution in [-0.4, -0.2) is 5.91 Å². The molecule has 26 heavy (non-hydrogen) atoms. The topological polar surface area (TPSA) is 64.9 Å². The number of benzene rings is 3. The molecule has 0 aliphatic carbocycles. The van der Waals surface area contributed by atoms with Gasteiger partial charge in [-0.15, -0.1) is 0 Å². The van der Waals surface area contributed by atoms with Gasteiger partial charge < -0.3 is 10.6 Å². The van der Waals surface area contributed by atoms with Crippen molar-refractivity contribution in [3.8, 4) is 6.07 Å². The summed E-state index contributed by atoms with van der Waals surface area (Å²) in [4.78, 5) is 13.1. The highest BCUT2D eigenvalue weighted by Gasteiger charge is 2.46. The number of hydrogen-bond donors (Lipinski definition) is 2. The van der Waals surface area contributed by atoms with Gasteiger partial charge in [-0.3, -0.25) is 4.79 Å². The molecule has 4 heteroatoms. The fraction of sp³-hybridized carbons (Fsp3) is 0.0909. The molecular formula is C22H17N3O. The highest BCUT2D eigenvalue weighted by Crippen LogP contribution is 2.40. The molecule has 4 rings (SSSR count). The molecule has 3 aromatic carbocycles. The second-order valence-corrected chi connectivity index (χ2v) is 6.38. The van der Waals surface area contributed by atoms with E-state index >= 15 is 0 Å². The van der Waals surface area contributed by atoms with E-state index in [1.165, 1.54) is 0 Å². The van der Waals surface area contributed by atoms with Crippen molar-refractivity contribution in [3.05, 3.63) is 95.6 Å². The number of hydrogen-bond acceptors (Lipinski definition) is 3. The summed E-state index contributed by atoms with van der Waals surface area (Å²) in [5, 5.41) is 15.5.